The van der Waals surface area contributed by atoms with Gasteiger partial charge in [-0.1, -0.05) is 30.3 Å². The summed E-state index contributed by atoms with van der Waals surface area (Å²) in [5.74, 6) is 1.72. The van der Waals surface area contributed by atoms with E-state index in [2.05, 4.69) is 28.4 Å². The van der Waals surface area contributed by atoms with E-state index in [0.717, 1.165) is 49.3 Å². The predicted molar refractivity (Wildman–Crippen MR) is 109 cm³/mol. The number of ether oxygens (including phenoxy) is 2. The number of nitrogens with zero attached hydrogens (tertiary/aromatic N) is 1. The average molecular weight is 380 g/mol. The Hall–Kier alpha value is -2.53. The maximum Gasteiger partial charge on any atom is 0.241 e. The van der Waals surface area contributed by atoms with Crippen LogP contribution in [0.4, 0.5) is 0 Å². The third kappa shape index (κ3) is 3.35. The summed E-state index contributed by atoms with van der Waals surface area (Å²) in [5, 5.41) is 3.19. The summed E-state index contributed by atoms with van der Waals surface area (Å²) in [6, 6.07) is 14.3. The highest BCUT2D eigenvalue weighted by Gasteiger charge is 2.46. The summed E-state index contributed by atoms with van der Waals surface area (Å²) >= 11 is 0. The number of carbonyl (C=O) groups is 1. The molecular weight excluding hydrogens is 352 g/mol. The fourth-order valence-electron chi connectivity index (χ4n) is 4.61. The molecule has 2 aromatic carbocycles. The van der Waals surface area contributed by atoms with Gasteiger partial charge in [-0.25, -0.2) is 0 Å². The van der Waals surface area contributed by atoms with Gasteiger partial charge in [0.15, 0.2) is 0 Å². The summed E-state index contributed by atoms with van der Waals surface area (Å²) in [6.07, 6.45) is 3.82. The summed E-state index contributed by atoms with van der Waals surface area (Å²) < 4.78 is 10.9. The minimum atomic E-state index is -0.504. The largest absolute Gasteiger partial charge is 0.497 e. The Morgan fingerprint density at radius 2 is 1.89 bits per heavy atom. The molecule has 1 N–H and O–H groups in total. The van der Waals surface area contributed by atoms with Crippen molar-refractivity contribution in [3.05, 3.63) is 59.2 Å². The van der Waals surface area contributed by atoms with Gasteiger partial charge in [-0.05, 0) is 43.0 Å². The number of nitrogens with one attached hydrogen (secondary N) is 1. The summed E-state index contributed by atoms with van der Waals surface area (Å²) in [6.45, 7) is 2.20. The Bertz CT molecular complexity index is 867. The average Bonchev–Trinajstić information content (AvgIpc) is 2.87. The highest BCUT2D eigenvalue weighted by atomic mass is 16.5. The first kappa shape index (κ1) is 18.8. The van der Waals surface area contributed by atoms with E-state index in [0.29, 0.717) is 13.1 Å². The molecule has 1 atom stereocenters. The molecular formula is C23H28N2O3. The van der Waals surface area contributed by atoms with Gasteiger partial charge in [-0.3, -0.25) is 9.69 Å². The van der Waals surface area contributed by atoms with E-state index in [1.807, 2.05) is 24.3 Å². The molecule has 0 aliphatic carbocycles. The van der Waals surface area contributed by atoms with Crippen LogP contribution in [0.3, 0.4) is 0 Å². The van der Waals surface area contributed by atoms with Crippen molar-refractivity contribution in [2.75, 3.05) is 20.8 Å². The molecule has 1 fully saturated rings. The molecule has 2 aliphatic heterocycles. The summed E-state index contributed by atoms with van der Waals surface area (Å²) in [7, 11) is 3.33. The lowest BCUT2D eigenvalue weighted by atomic mass is 9.80. The maximum atomic E-state index is 13.3. The Labute approximate surface area is 166 Å². The van der Waals surface area contributed by atoms with E-state index in [1.54, 1.807) is 14.2 Å². The molecule has 1 unspecified atom stereocenters. The second-order valence-electron chi connectivity index (χ2n) is 7.72. The van der Waals surface area contributed by atoms with Crippen molar-refractivity contribution >= 4 is 5.91 Å². The molecule has 2 aromatic rings. The predicted octanol–water partition coefficient (Wildman–Crippen LogP) is 3.30. The van der Waals surface area contributed by atoms with Crippen LogP contribution < -0.4 is 14.8 Å². The Morgan fingerprint density at radius 1 is 1.07 bits per heavy atom. The number of rotatable bonds is 4. The van der Waals surface area contributed by atoms with Crippen LogP contribution >= 0.6 is 0 Å². The zero-order chi connectivity index (χ0) is 19.6. The zero-order valence-corrected chi connectivity index (χ0v) is 16.7. The van der Waals surface area contributed by atoms with Gasteiger partial charge in [-0.15, -0.1) is 0 Å². The van der Waals surface area contributed by atoms with Crippen LogP contribution in [0, 0.1) is 0 Å². The number of benzene rings is 2. The second-order valence-corrected chi connectivity index (χ2v) is 7.72. The number of piperidine rings is 1. The number of likely N-dealkylation sites (tertiary alicyclic amines) is 1. The van der Waals surface area contributed by atoms with Crippen LogP contribution in [-0.2, 0) is 24.3 Å². The molecule has 2 heterocycles. The van der Waals surface area contributed by atoms with Gasteiger partial charge in [0.05, 0.1) is 14.2 Å². The van der Waals surface area contributed by atoms with Crippen LogP contribution in [0.2, 0.25) is 0 Å². The van der Waals surface area contributed by atoms with E-state index in [9.17, 15) is 4.79 Å². The van der Waals surface area contributed by atoms with Crippen molar-refractivity contribution in [2.24, 2.45) is 0 Å². The molecule has 5 heteroatoms. The quantitative estimate of drug-likeness (QED) is 0.884. The first-order valence-electron chi connectivity index (χ1n) is 9.97. The number of amides is 1. The number of carbonyl (C=O) groups excluding carboxylic acids is 1. The molecule has 148 valence electrons. The van der Waals surface area contributed by atoms with E-state index in [-0.39, 0.29) is 5.91 Å². The zero-order valence-electron chi connectivity index (χ0n) is 16.7. The Kier molecular flexibility index (Phi) is 5.27. The molecule has 28 heavy (non-hydrogen) atoms. The van der Waals surface area contributed by atoms with Gasteiger partial charge in [-0.2, -0.15) is 0 Å². The highest BCUT2D eigenvalue weighted by molar-refractivity contribution is 5.87. The topological polar surface area (TPSA) is 50.8 Å². The number of methoxy groups -OCH3 is 2. The van der Waals surface area contributed by atoms with Gasteiger partial charge in [0.1, 0.15) is 17.0 Å². The molecule has 1 amide bonds. The normalized spacial score (nSPS) is 22.3. The molecule has 0 bridgehead atoms. The SMILES string of the molecule is COc1ccc(CN2CCCCC23Cc2ccccc2CNC3=O)c(OC)c1. The Morgan fingerprint density at radius 3 is 2.68 bits per heavy atom. The number of hydrogen-bond acceptors (Lipinski definition) is 4. The van der Waals surface area contributed by atoms with Gasteiger partial charge in [0.25, 0.3) is 0 Å². The minimum Gasteiger partial charge on any atom is -0.497 e. The van der Waals surface area contributed by atoms with Gasteiger partial charge in [0.2, 0.25) is 5.91 Å². The molecule has 5 nitrogen and oxygen atoms in total. The maximum absolute atomic E-state index is 13.3. The Balaban J connectivity index is 1.69. The molecule has 4 rings (SSSR count). The van der Waals surface area contributed by atoms with E-state index >= 15 is 0 Å². The first-order chi connectivity index (χ1) is 13.7. The van der Waals surface area contributed by atoms with Crippen LogP contribution in [0.25, 0.3) is 0 Å². The summed E-state index contributed by atoms with van der Waals surface area (Å²) in [4.78, 5) is 15.7. The number of fused-ring (bicyclic) bond motifs is 1. The summed E-state index contributed by atoms with van der Waals surface area (Å²) in [5.41, 5.74) is 3.07. The van der Waals surface area contributed by atoms with Crippen molar-refractivity contribution < 1.29 is 14.3 Å². The van der Waals surface area contributed by atoms with Crippen LogP contribution in [-0.4, -0.2) is 37.1 Å². The minimum absolute atomic E-state index is 0.149. The lowest BCUT2D eigenvalue weighted by molar-refractivity contribution is -0.136. The molecule has 1 spiro atoms. The first-order valence-corrected chi connectivity index (χ1v) is 9.97. The monoisotopic (exact) mass is 380 g/mol. The molecule has 2 aliphatic rings. The highest BCUT2D eigenvalue weighted by Crippen LogP contribution is 2.37. The molecule has 0 aromatic heterocycles. The van der Waals surface area contributed by atoms with Crippen molar-refractivity contribution in [3.63, 3.8) is 0 Å². The molecule has 0 saturated carbocycles. The number of hydrogen-bond donors (Lipinski definition) is 1. The van der Waals surface area contributed by atoms with Crippen molar-refractivity contribution in [3.8, 4) is 11.5 Å². The fourth-order valence-corrected chi connectivity index (χ4v) is 4.61. The smallest absolute Gasteiger partial charge is 0.241 e. The molecule has 0 radical (unpaired) electrons. The second kappa shape index (κ2) is 7.84. The van der Waals surface area contributed by atoms with Crippen molar-refractivity contribution in [1.82, 2.24) is 10.2 Å². The van der Waals surface area contributed by atoms with Crippen molar-refractivity contribution in [1.29, 1.82) is 0 Å². The van der Waals surface area contributed by atoms with Crippen LogP contribution in [0.5, 0.6) is 11.5 Å². The van der Waals surface area contributed by atoms with Gasteiger partial charge in [0, 0.05) is 31.1 Å². The van der Waals surface area contributed by atoms with Crippen LogP contribution in [0.1, 0.15) is 36.0 Å². The lowest BCUT2D eigenvalue weighted by Gasteiger charge is -2.45. The van der Waals surface area contributed by atoms with Crippen LogP contribution in [0.15, 0.2) is 42.5 Å². The fraction of sp³-hybridized carbons (Fsp3) is 0.435. The molecule has 1 saturated heterocycles. The third-order valence-corrected chi connectivity index (χ3v) is 6.19. The van der Waals surface area contributed by atoms with E-state index in [4.69, 9.17) is 9.47 Å². The lowest BCUT2D eigenvalue weighted by Crippen LogP contribution is -2.60. The third-order valence-electron chi connectivity index (χ3n) is 6.19. The van der Waals surface area contributed by atoms with E-state index < -0.39 is 5.54 Å². The van der Waals surface area contributed by atoms with Gasteiger partial charge >= 0.3 is 0 Å². The standard InChI is InChI=1S/C23H28N2O3/c1-27-20-10-9-19(21(13-20)28-2)16-25-12-6-5-11-23(25)14-17-7-3-4-8-18(17)15-24-22(23)26/h3-4,7-10,13H,5-6,11-12,14-16H2,1-2H3,(H,24,26). The van der Waals surface area contributed by atoms with E-state index in [1.165, 1.54) is 11.1 Å². The van der Waals surface area contributed by atoms with Crippen molar-refractivity contribution in [2.45, 2.75) is 44.3 Å². The van der Waals surface area contributed by atoms with Gasteiger partial charge < -0.3 is 14.8 Å².